The lowest BCUT2D eigenvalue weighted by molar-refractivity contribution is 0.325. The first-order valence-electron chi connectivity index (χ1n) is 6.45. The molecular weight excluding hydrogens is 210 g/mol. The Morgan fingerprint density at radius 3 is 2.65 bits per heavy atom. The maximum Gasteiger partial charge on any atom is 0.106 e. The minimum Gasteiger partial charge on any atom is -0.328 e. The van der Waals surface area contributed by atoms with Crippen molar-refractivity contribution < 1.29 is 0 Å². The summed E-state index contributed by atoms with van der Waals surface area (Å²) in [5.74, 6) is 1.13. The molecule has 3 nitrogen and oxygen atoms in total. The average molecular weight is 229 g/mol. The number of hydrogen-bond acceptors (Lipinski definition) is 2. The van der Waals surface area contributed by atoms with Gasteiger partial charge in [-0.15, -0.1) is 0 Å². The van der Waals surface area contributed by atoms with E-state index in [9.17, 15) is 0 Å². The minimum absolute atomic E-state index is 0.404. The number of rotatable bonds is 1. The van der Waals surface area contributed by atoms with E-state index in [4.69, 9.17) is 5.73 Å². The molecule has 1 aliphatic carbocycles. The van der Waals surface area contributed by atoms with Crippen molar-refractivity contribution in [1.29, 1.82) is 0 Å². The van der Waals surface area contributed by atoms with Gasteiger partial charge in [-0.05, 0) is 44.7 Å². The van der Waals surface area contributed by atoms with Crippen LogP contribution in [0.1, 0.15) is 37.5 Å². The van der Waals surface area contributed by atoms with Crippen LogP contribution in [0.15, 0.2) is 24.3 Å². The Bertz CT molecular complexity index is 521. The van der Waals surface area contributed by atoms with Gasteiger partial charge in [0.2, 0.25) is 0 Å². The first-order valence-corrected chi connectivity index (χ1v) is 6.45. The third kappa shape index (κ3) is 1.84. The van der Waals surface area contributed by atoms with Crippen molar-refractivity contribution in [1.82, 2.24) is 9.55 Å². The van der Waals surface area contributed by atoms with Crippen molar-refractivity contribution in [2.45, 2.75) is 44.7 Å². The summed E-state index contributed by atoms with van der Waals surface area (Å²) in [6, 6.07) is 9.39. The number of nitrogens with two attached hydrogens (primary N) is 1. The topological polar surface area (TPSA) is 43.8 Å². The van der Waals surface area contributed by atoms with Crippen LogP contribution < -0.4 is 5.73 Å². The maximum atomic E-state index is 5.98. The predicted molar refractivity (Wildman–Crippen MR) is 70.0 cm³/mol. The zero-order valence-corrected chi connectivity index (χ0v) is 10.3. The van der Waals surface area contributed by atoms with Crippen LogP contribution in [0.3, 0.4) is 0 Å². The summed E-state index contributed by atoms with van der Waals surface area (Å²) in [6.07, 6.45) is 4.64. The van der Waals surface area contributed by atoms with Crippen LogP contribution in [0.5, 0.6) is 0 Å². The summed E-state index contributed by atoms with van der Waals surface area (Å²) < 4.78 is 2.40. The summed E-state index contributed by atoms with van der Waals surface area (Å²) >= 11 is 0. The van der Waals surface area contributed by atoms with Crippen LogP contribution in [0, 0.1) is 6.92 Å². The van der Waals surface area contributed by atoms with Gasteiger partial charge in [0.05, 0.1) is 11.0 Å². The van der Waals surface area contributed by atoms with Crippen LogP contribution >= 0.6 is 0 Å². The van der Waals surface area contributed by atoms with E-state index in [1.54, 1.807) is 0 Å². The molecule has 1 fully saturated rings. The standard InChI is InChI=1S/C14H19N3/c1-10-16-13-4-2-3-5-14(13)17(10)12-8-6-11(15)7-9-12/h2-5,11-12H,6-9,15H2,1H3. The summed E-state index contributed by atoms with van der Waals surface area (Å²) in [5.41, 5.74) is 8.36. The van der Waals surface area contributed by atoms with Gasteiger partial charge in [0.25, 0.3) is 0 Å². The molecule has 1 heterocycles. The normalized spacial score (nSPS) is 25.3. The van der Waals surface area contributed by atoms with E-state index in [1.165, 1.54) is 18.4 Å². The molecule has 2 N–H and O–H groups in total. The molecule has 0 unspecified atom stereocenters. The van der Waals surface area contributed by atoms with Crippen molar-refractivity contribution in [2.75, 3.05) is 0 Å². The molecule has 0 amide bonds. The van der Waals surface area contributed by atoms with E-state index in [1.807, 2.05) is 0 Å². The summed E-state index contributed by atoms with van der Waals surface area (Å²) in [6.45, 7) is 2.11. The molecule has 17 heavy (non-hydrogen) atoms. The molecule has 90 valence electrons. The molecular formula is C14H19N3. The average Bonchev–Trinajstić information content (AvgIpc) is 2.66. The summed E-state index contributed by atoms with van der Waals surface area (Å²) in [5, 5.41) is 0. The number of fused-ring (bicyclic) bond motifs is 1. The molecule has 0 saturated heterocycles. The van der Waals surface area contributed by atoms with Gasteiger partial charge in [-0.25, -0.2) is 4.98 Å². The molecule has 1 saturated carbocycles. The Kier molecular flexibility index (Phi) is 2.63. The third-order valence-electron chi connectivity index (χ3n) is 3.88. The number of imidazole rings is 1. The molecule has 0 aliphatic heterocycles. The molecule has 1 aromatic heterocycles. The van der Waals surface area contributed by atoms with Gasteiger partial charge in [-0.2, -0.15) is 0 Å². The maximum absolute atomic E-state index is 5.98. The van der Waals surface area contributed by atoms with Crippen LogP contribution in [0.25, 0.3) is 11.0 Å². The Morgan fingerprint density at radius 2 is 1.88 bits per heavy atom. The lowest BCUT2D eigenvalue weighted by atomic mass is 9.91. The zero-order valence-electron chi connectivity index (χ0n) is 10.3. The van der Waals surface area contributed by atoms with Crippen LogP contribution in [0.2, 0.25) is 0 Å². The highest BCUT2D eigenvalue weighted by Crippen LogP contribution is 2.31. The van der Waals surface area contributed by atoms with Crippen LogP contribution in [-0.2, 0) is 0 Å². The van der Waals surface area contributed by atoms with E-state index in [-0.39, 0.29) is 0 Å². The second-order valence-electron chi connectivity index (χ2n) is 5.09. The van der Waals surface area contributed by atoms with E-state index < -0.39 is 0 Å². The van der Waals surface area contributed by atoms with Crippen molar-refractivity contribution in [2.24, 2.45) is 5.73 Å². The van der Waals surface area contributed by atoms with Gasteiger partial charge in [-0.1, -0.05) is 12.1 Å². The van der Waals surface area contributed by atoms with Crippen LogP contribution in [-0.4, -0.2) is 15.6 Å². The first kappa shape index (κ1) is 10.8. The molecule has 0 bridgehead atoms. The highest BCUT2D eigenvalue weighted by atomic mass is 15.1. The predicted octanol–water partition coefficient (Wildman–Crippen LogP) is 2.79. The largest absolute Gasteiger partial charge is 0.328 e. The van der Waals surface area contributed by atoms with Gasteiger partial charge >= 0.3 is 0 Å². The number of hydrogen-bond donors (Lipinski definition) is 1. The van der Waals surface area contributed by atoms with E-state index in [0.29, 0.717) is 12.1 Å². The lowest BCUT2D eigenvalue weighted by Gasteiger charge is -2.28. The number of nitrogens with zero attached hydrogens (tertiary/aromatic N) is 2. The molecule has 2 aromatic rings. The van der Waals surface area contributed by atoms with Crippen molar-refractivity contribution in [3.63, 3.8) is 0 Å². The fourth-order valence-electron chi connectivity index (χ4n) is 2.99. The van der Waals surface area contributed by atoms with Crippen molar-refractivity contribution in [3.8, 4) is 0 Å². The Balaban J connectivity index is 2.02. The van der Waals surface area contributed by atoms with Gasteiger partial charge in [0.1, 0.15) is 5.82 Å². The molecule has 1 aromatic carbocycles. The zero-order chi connectivity index (χ0) is 11.8. The fourth-order valence-corrected chi connectivity index (χ4v) is 2.99. The number of para-hydroxylation sites is 2. The Labute approximate surface area is 102 Å². The minimum atomic E-state index is 0.404. The van der Waals surface area contributed by atoms with E-state index in [0.717, 1.165) is 24.2 Å². The molecule has 1 aliphatic rings. The molecule has 0 spiro atoms. The van der Waals surface area contributed by atoms with E-state index in [2.05, 4.69) is 40.7 Å². The lowest BCUT2D eigenvalue weighted by Crippen LogP contribution is -2.28. The monoisotopic (exact) mass is 229 g/mol. The Hall–Kier alpha value is -1.35. The first-order chi connectivity index (χ1) is 8.25. The summed E-state index contributed by atoms with van der Waals surface area (Å²) in [4.78, 5) is 4.64. The molecule has 0 radical (unpaired) electrons. The molecule has 3 heteroatoms. The number of aryl methyl sites for hydroxylation is 1. The smallest absolute Gasteiger partial charge is 0.106 e. The van der Waals surface area contributed by atoms with Gasteiger partial charge < -0.3 is 10.3 Å². The number of benzene rings is 1. The molecule has 0 atom stereocenters. The van der Waals surface area contributed by atoms with Gasteiger partial charge in [0, 0.05) is 12.1 Å². The quantitative estimate of drug-likeness (QED) is 0.817. The second-order valence-corrected chi connectivity index (χ2v) is 5.09. The highest BCUT2D eigenvalue weighted by Gasteiger charge is 2.22. The second kappa shape index (κ2) is 4.15. The van der Waals surface area contributed by atoms with Crippen LogP contribution in [0.4, 0.5) is 0 Å². The van der Waals surface area contributed by atoms with Gasteiger partial charge in [-0.3, -0.25) is 0 Å². The SMILES string of the molecule is Cc1nc2ccccc2n1C1CCC(N)CC1. The molecule has 3 rings (SSSR count). The van der Waals surface area contributed by atoms with E-state index >= 15 is 0 Å². The van der Waals surface area contributed by atoms with Crippen molar-refractivity contribution >= 4 is 11.0 Å². The summed E-state index contributed by atoms with van der Waals surface area (Å²) in [7, 11) is 0. The highest BCUT2D eigenvalue weighted by molar-refractivity contribution is 5.76. The van der Waals surface area contributed by atoms with Gasteiger partial charge in [0.15, 0.2) is 0 Å². The third-order valence-corrected chi connectivity index (χ3v) is 3.88. The fraction of sp³-hybridized carbons (Fsp3) is 0.500. The van der Waals surface area contributed by atoms with Crippen molar-refractivity contribution in [3.05, 3.63) is 30.1 Å². The Morgan fingerprint density at radius 1 is 1.18 bits per heavy atom. The number of aromatic nitrogens is 2.